The largest absolute Gasteiger partial charge is 0.493 e. The summed E-state index contributed by atoms with van der Waals surface area (Å²) < 4.78 is 11.2. The van der Waals surface area contributed by atoms with Crippen molar-refractivity contribution in [2.24, 2.45) is 0 Å². The fourth-order valence-corrected chi connectivity index (χ4v) is 2.59. The number of ether oxygens (including phenoxy) is 2. The SMILES string of the molecule is CCSCCCOc1cc(CNC2CC2)ccc1OC. The fourth-order valence-electron chi connectivity index (χ4n) is 1.98. The van der Waals surface area contributed by atoms with Crippen LogP contribution in [0.25, 0.3) is 0 Å². The molecule has 4 heteroatoms. The van der Waals surface area contributed by atoms with Gasteiger partial charge < -0.3 is 14.8 Å². The van der Waals surface area contributed by atoms with Crippen molar-refractivity contribution in [3.8, 4) is 11.5 Å². The van der Waals surface area contributed by atoms with Crippen molar-refractivity contribution in [1.29, 1.82) is 0 Å². The molecule has 112 valence electrons. The predicted molar refractivity (Wildman–Crippen MR) is 86.0 cm³/mol. The Morgan fingerprint density at radius 1 is 1.30 bits per heavy atom. The number of benzene rings is 1. The maximum atomic E-state index is 5.87. The molecule has 1 saturated carbocycles. The second-order valence-corrected chi connectivity index (χ2v) is 6.43. The van der Waals surface area contributed by atoms with E-state index in [0.29, 0.717) is 0 Å². The molecule has 0 radical (unpaired) electrons. The molecule has 3 nitrogen and oxygen atoms in total. The van der Waals surface area contributed by atoms with Crippen LogP contribution >= 0.6 is 11.8 Å². The average Bonchev–Trinajstić information content (AvgIpc) is 3.29. The Balaban J connectivity index is 1.84. The molecule has 0 bridgehead atoms. The third-order valence-electron chi connectivity index (χ3n) is 3.29. The summed E-state index contributed by atoms with van der Waals surface area (Å²) in [5.74, 6) is 4.01. The lowest BCUT2D eigenvalue weighted by Gasteiger charge is -2.12. The smallest absolute Gasteiger partial charge is 0.161 e. The molecular weight excluding hydrogens is 270 g/mol. The van der Waals surface area contributed by atoms with Crippen molar-refractivity contribution < 1.29 is 9.47 Å². The average molecular weight is 295 g/mol. The van der Waals surface area contributed by atoms with Gasteiger partial charge in [-0.25, -0.2) is 0 Å². The van der Waals surface area contributed by atoms with E-state index in [1.807, 2.05) is 17.8 Å². The molecular formula is C16H25NO2S. The summed E-state index contributed by atoms with van der Waals surface area (Å²) in [5.41, 5.74) is 1.26. The third-order valence-corrected chi connectivity index (χ3v) is 4.28. The highest BCUT2D eigenvalue weighted by Crippen LogP contribution is 2.29. The topological polar surface area (TPSA) is 30.5 Å². The van der Waals surface area contributed by atoms with Crippen molar-refractivity contribution in [2.75, 3.05) is 25.2 Å². The van der Waals surface area contributed by atoms with E-state index >= 15 is 0 Å². The number of rotatable bonds is 10. The van der Waals surface area contributed by atoms with Crippen LogP contribution in [0.1, 0.15) is 31.7 Å². The highest BCUT2D eigenvalue weighted by Gasteiger charge is 2.20. The first kappa shape index (κ1) is 15.5. The lowest BCUT2D eigenvalue weighted by molar-refractivity contribution is 0.295. The van der Waals surface area contributed by atoms with Gasteiger partial charge in [0.15, 0.2) is 11.5 Å². The van der Waals surface area contributed by atoms with Gasteiger partial charge in [0.2, 0.25) is 0 Å². The standard InChI is InChI=1S/C16H25NO2S/c1-3-20-10-4-9-19-16-11-13(5-8-15(16)18-2)12-17-14-6-7-14/h5,8,11,14,17H,3-4,6-7,9-10,12H2,1-2H3. The fraction of sp³-hybridized carbons (Fsp3) is 0.625. The quantitative estimate of drug-likeness (QED) is 0.670. The van der Waals surface area contributed by atoms with Gasteiger partial charge in [0.1, 0.15) is 0 Å². The summed E-state index contributed by atoms with van der Waals surface area (Å²) in [4.78, 5) is 0. The molecule has 0 heterocycles. The Morgan fingerprint density at radius 3 is 2.85 bits per heavy atom. The van der Waals surface area contributed by atoms with Crippen molar-refractivity contribution >= 4 is 11.8 Å². The van der Waals surface area contributed by atoms with E-state index in [9.17, 15) is 0 Å². The van der Waals surface area contributed by atoms with E-state index in [1.165, 1.54) is 24.2 Å². The first-order chi connectivity index (χ1) is 9.83. The summed E-state index contributed by atoms with van der Waals surface area (Å²) in [5, 5.41) is 3.52. The first-order valence-corrected chi connectivity index (χ1v) is 8.59. The molecule has 0 amide bonds. The minimum absolute atomic E-state index is 0.729. The summed E-state index contributed by atoms with van der Waals surface area (Å²) in [6.07, 6.45) is 3.70. The summed E-state index contributed by atoms with van der Waals surface area (Å²) >= 11 is 1.95. The van der Waals surface area contributed by atoms with E-state index < -0.39 is 0 Å². The molecule has 1 aromatic carbocycles. The molecule has 1 fully saturated rings. The van der Waals surface area contributed by atoms with Gasteiger partial charge in [-0.05, 0) is 48.5 Å². The van der Waals surface area contributed by atoms with E-state index in [2.05, 4.69) is 24.4 Å². The molecule has 0 unspecified atom stereocenters. The molecule has 0 atom stereocenters. The highest BCUT2D eigenvalue weighted by atomic mass is 32.2. The molecule has 0 spiro atoms. The number of nitrogens with one attached hydrogen (secondary N) is 1. The Labute approximate surface area is 126 Å². The third kappa shape index (κ3) is 5.25. The maximum absolute atomic E-state index is 5.87. The lowest BCUT2D eigenvalue weighted by atomic mass is 10.2. The Morgan fingerprint density at radius 2 is 2.15 bits per heavy atom. The van der Waals surface area contributed by atoms with Gasteiger partial charge in [0.05, 0.1) is 13.7 Å². The molecule has 20 heavy (non-hydrogen) atoms. The normalized spacial score (nSPS) is 14.3. The van der Waals surface area contributed by atoms with Crippen LogP contribution in [0.2, 0.25) is 0 Å². The summed E-state index contributed by atoms with van der Waals surface area (Å²) in [6.45, 7) is 3.85. The van der Waals surface area contributed by atoms with E-state index in [1.54, 1.807) is 7.11 Å². The molecule has 0 saturated heterocycles. The van der Waals surface area contributed by atoms with Gasteiger partial charge in [0, 0.05) is 12.6 Å². The highest BCUT2D eigenvalue weighted by molar-refractivity contribution is 7.99. The van der Waals surface area contributed by atoms with Gasteiger partial charge in [-0.2, -0.15) is 11.8 Å². The molecule has 1 aromatic rings. The lowest BCUT2D eigenvalue weighted by Crippen LogP contribution is -2.15. The Hall–Kier alpha value is -0.870. The van der Waals surface area contributed by atoms with Gasteiger partial charge in [-0.3, -0.25) is 0 Å². The van der Waals surface area contributed by atoms with Crippen LogP contribution in [-0.4, -0.2) is 31.3 Å². The van der Waals surface area contributed by atoms with Crippen LogP contribution in [-0.2, 0) is 6.54 Å². The molecule has 1 N–H and O–H groups in total. The van der Waals surface area contributed by atoms with Crippen LogP contribution in [0.3, 0.4) is 0 Å². The maximum Gasteiger partial charge on any atom is 0.161 e. The zero-order valence-corrected chi connectivity index (χ0v) is 13.3. The van der Waals surface area contributed by atoms with E-state index in [-0.39, 0.29) is 0 Å². The zero-order chi connectivity index (χ0) is 14.2. The molecule has 0 aromatic heterocycles. The molecule has 1 aliphatic rings. The second kappa shape index (κ2) is 8.42. The minimum atomic E-state index is 0.729. The van der Waals surface area contributed by atoms with Crippen LogP contribution in [0.5, 0.6) is 11.5 Å². The van der Waals surface area contributed by atoms with Crippen molar-refractivity contribution in [1.82, 2.24) is 5.32 Å². The number of hydrogen-bond acceptors (Lipinski definition) is 4. The van der Waals surface area contributed by atoms with Crippen molar-refractivity contribution in [3.63, 3.8) is 0 Å². The molecule has 0 aliphatic heterocycles. The monoisotopic (exact) mass is 295 g/mol. The number of methoxy groups -OCH3 is 1. The Bertz CT molecular complexity index is 407. The van der Waals surface area contributed by atoms with Crippen molar-refractivity contribution in [2.45, 2.75) is 38.8 Å². The summed E-state index contributed by atoms with van der Waals surface area (Å²) in [6, 6.07) is 6.93. The molecule has 1 aliphatic carbocycles. The summed E-state index contributed by atoms with van der Waals surface area (Å²) in [7, 11) is 1.69. The van der Waals surface area contributed by atoms with Gasteiger partial charge in [0.25, 0.3) is 0 Å². The van der Waals surface area contributed by atoms with Gasteiger partial charge in [-0.1, -0.05) is 13.0 Å². The second-order valence-electron chi connectivity index (χ2n) is 5.04. The van der Waals surface area contributed by atoms with Gasteiger partial charge in [-0.15, -0.1) is 0 Å². The minimum Gasteiger partial charge on any atom is -0.493 e. The predicted octanol–water partition coefficient (Wildman–Crippen LogP) is 3.47. The van der Waals surface area contributed by atoms with Crippen LogP contribution < -0.4 is 14.8 Å². The van der Waals surface area contributed by atoms with Crippen molar-refractivity contribution in [3.05, 3.63) is 23.8 Å². The number of thioether (sulfide) groups is 1. The Kier molecular flexibility index (Phi) is 6.54. The van der Waals surface area contributed by atoms with Crippen LogP contribution in [0.4, 0.5) is 0 Å². The van der Waals surface area contributed by atoms with E-state index in [0.717, 1.165) is 42.9 Å². The van der Waals surface area contributed by atoms with Crippen LogP contribution in [0.15, 0.2) is 18.2 Å². The number of hydrogen-bond donors (Lipinski definition) is 1. The zero-order valence-electron chi connectivity index (χ0n) is 12.5. The first-order valence-electron chi connectivity index (χ1n) is 7.44. The van der Waals surface area contributed by atoms with Crippen LogP contribution in [0, 0.1) is 0 Å². The van der Waals surface area contributed by atoms with E-state index in [4.69, 9.17) is 9.47 Å². The molecule has 2 rings (SSSR count). The van der Waals surface area contributed by atoms with Gasteiger partial charge >= 0.3 is 0 Å².